The van der Waals surface area contributed by atoms with Gasteiger partial charge in [-0.3, -0.25) is 0 Å². The number of phenolic OH excluding ortho intramolecular Hbond substituents is 1. The zero-order valence-corrected chi connectivity index (χ0v) is 8.64. The van der Waals surface area contributed by atoms with E-state index in [2.05, 4.69) is 0 Å². The first-order valence-corrected chi connectivity index (χ1v) is 4.95. The highest BCUT2D eigenvalue weighted by Crippen LogP contribution is 2.42. The molecule has 0 heterocycles. The third-order valence-electron chi connectivity index (χ3n) is 1.68. The Bertz CT molecular complexity index is 299. The van der Waals surface area contributed by atoms with Crippen LogP contribution < -0.4 is 9.47 Å². The fraction of sp³-hybridized carbons (Fsp3) is 0.333. The lowest BCUT2D eigenvalue weighted by Crippen LogP contribution is -1.91. The van der Waals surface area contributed by atoms with Crippen molar-refractivity contribution < 1.29 is 14.6 Å². The van der Waals surface area contributed by atoms with E-state index in [4.69, 9.17) is 9.47 Å². The summed E-state index contributed by atoms with van der Waals surface area (Å²) < 4.78 is 10.2. The molecule has 4 heteroatoms. The molecule has 0 unspecified atom stereocenters. The van der Waals surface area contributed by atoms with Crippen LogP contribution in [-0.4, -0.2) is 25.6 Å². The zero-order valence-electron chi connectivity index (χ0n) is 7.83. The number of methoxy groups -OCH3 is 2. The topological polar surface area (TPSA) is 38.7 Å². The molecule has 1 N–H and O–H groups in total. The number of hydrogen-bond acceptors (Lipinski definition) is 4. The highest BCUT2D eigenvalue weighted by Gasteiger charge is 2.12. The zero-order chi connectivity index (χ0) is 9.84. The highest BCUT2D eigenvalue weighted by molar-refractivity contribution is 7.98. The first-order valence-electron chi connectivity index (χ1n) is 3.72. The van der Waals surface area contributed by atoms with Gasteiger partial charge in [-0.05, 0) is 18.4 Å². The van der Waals surface area contributed by atoms with Crippen LogP contribution in [0, 0.1) is 0 Å². The number of hydrogen-bond donors (Lipinski definition) is 1. The van der Waals surface area contributed by atoms with Gasteiger partial charge in [0.05, 0.1) is 19.1 Å². The Kier molecular flexibility index (Phi) is 3.31. The van der Waals surface area contributed by atoms with Gasteiger partial charge in [0.2, 0.25) is 0 Å². The molecule has 1 aromatic rings. The van der Waals surface area contributed by atoms with Crippen LogP contribution >= 0.6 is 11.8 Å². The van der Waals surface area contributed by atoms with Crippen molar-refractivity contribution in [2.24, 2.45) is 0 Å². The number of thioether (sulfide) groups is 1. The molecule has 0 aliphatic heterocycles. The standard InChI is InChI=1S/C9H12O3S/c1-11-7-5-4-6(10)8(12-2)9(7)13-3/h4-5,10H,1-3H3. The maximum atomic E-state index is 9.45. The normalized spacial score (nSPS) is 9.77. The predicted molar refractivity (Wildman–Crippen MR) is 53.0 cm³/mol. The number of benzene rings is 1. The van der Waals surface area contributed by atoms with Gasteiger partial charge in [0.1, 0.15) is 5.75 Å². The summed E-state index contributed by atoms with van der Waals surface area (Å²) in [5, 5.41) is 9.45. The van der Waals surface area contributed by atoms with Gasteiger partial charge in [0, 0.05) is 0 Å². The lowest BCUT2D eigenvalue weighted by molar-refractivity contribution is 0.349. The van der Waals surface area contributed by atoms with Crippen LogP contribution in [0.4, 0.5) is 0 Å². The summed E-state index contributed by atoms with van der Waals surface area (Å²) in [6.45, 7) is 0. The molecule has 0 aliphatic carbocycles. The van der Waals surface area contributed by atoms with Gasteiger partial charge in [-0.1, -0.05) is 0 Å². The van der Waals surface area contributed by atoms with Crippen LogP contribution in [0.5, 0.6) is 17.2 Å². The molecule has 1 rings (SSSR count). The molecule has 1 aromatic carbocycles. The summed E-state index contributed by atoms with van der Waals surface area (Å²) in [6.07, 6.45) is 1.90. The first kappa shape index (κ1) is 10.1. The molecule has 13 heavy (non-hydrogen) atoms. The lowest BCUT2D eigenvalue weighted by Gasteiger charge is -2.11. The Hall–Kier alpha value is -1.03. The molecule has 0 aromatic heterocycles. The second-order valence-electron chi connectivity index (χ2n) is 2.35. The molecule has 0 saturated carbocycles. The largest absolute Gasteiger partial charge is 0.504 e. The summed E-state index contributed by atoms with van der Waals surface area (Å²) in [6, 6.07) is 3.26. The van der Waals surface area contributed by atoms with Crippen LogP contribution in [0.25, 0.3) is 0 Å². The van der Waals surface area contributed by atoms with Crippen LogP contribution in [0.1, 0.15) is 0 Å². The Morgan fingerprint density at radius 1 is 1.23 bits per heavy atom. The molecule has 3 nitrogen and oxygen atoms in total. The molecular formula is C9H12O3S. The van der Waals surface area contributed by atoms with Crippen LogP contribution in [-0.2, 0) is 0 Å². The number of aromatic hydroxyl groups is 1. The fourth-order valence-corrected chi connectivity index (χ4v) is 1.81. The van der Waals surface area contributed by atoms with Crippen molar-refractivity contribution in [2.75, 3.05) is 20.5 Å². The van der Waals surface area contributed by atoms with Crippen molar-refractivity contribution in [3.05, 3.63) is 12.1 Å². The monoisotopic (exact) mass is 200 g/mol. The van der Waals surface area contributed by atoms with Gasteiger partial charge in [0.25, 0.3) is 0 Å². The quantitative estimate of drug-likeness (QED) is 0.759. The first-order chi connectivity index (χ1) is 6.24. The van der Waals surface area contributed by atoms with Crippen molar-refractivity contribution in [1.82, 2.24) is 0 Å². The summed E-state index contributed by atoms with van der Waals surface area (Å²) in [5.74, 6) is 1.31. The van der Waals surface area contributed by atoms with Crippen molar-refractivity contribution >= 4 is 11.8 Å². The average Bonchev–Trinajstić information content (AvgIpc) is 2.17. The fourth-order valence-electron chi connectivity index (χ4n) is 1.09. The minimum absolute atomic E-state index is 0.132. The van der Waals surface area contributed by atoms with Crippen LogP contribution in [0.2, 0.25) is 0 Å². The third-order valence-corrected chi connectivity index (χ3v) is 2.48. The minimum Gasteiger partial charge on any atom is -0.504 e. The molecule has 0 bridgehead atoms. The maximum absolute atomic E-state index is 9.45. The van der Waals surface area contributed by atoms with Crippen molar-refractivity contribution in [1.29, 1.82) is 0 Å². The van der Waals surface area contributed by atoms with Gasteiger partial charge >= 0.3 is 0 Å². The molecule has 0 aliphatic rings. The van der Waals surface area contributed by atoms with E-state index < -0.39 is 0 Å². The SMILES string of the molecule is COc1ccc(O)c(OC)c1SC. The van der Waals surface area contributed by atoms with E-state index >= 15 is 0 Å². The Morgan fingerprint density at radius 2 is 1.92 bits per heavy atom. The number of ether oxygens (including phenoxy) is 2. The Labute approximate surface area is 81.7 Å². The van der Waals surface area contributed by atoms with E-state index in [1.165, 1.54) is 18.9 Å². The second-order valence-corrected chi connectivity index (χ2v) is 3.17. The number of phenols is 1. The van der Waals surface area contributed by atoms with E-state index in [1.807, 2.05) is 6.26 Å². The summed E-state index contributed by atoms with van der Waals surface area (Å²) in [4.78, 5) is 0.810. The molecule has 0 atom stereocenters. The van der Waals surface area contributed by atoms with Crippen molar-refractivity contribution in [2.45, 2.75) is 4.90 Å². The summed E-state index contributed by atoms with van der Waals surface area (Å²) >= 11 is 1.48. The smallest absolute Gasteiger partial charge is 0.177 e. The van der Waals surface area contributed by atoms with Gasteiger partial charge in [-0.2, -0.15) is 0 Å². The summed E-state index contributed by atoms with van der Waals surface area (Å²) in [7, 11) is 3.11. The van der Waals surface area contributed by atoms with E-state index in [0.717, 1.165) is 4.90 Å². The van der Waals surface area contributed by atoms with Gasteiger partial charge in [-0.25, -0.2) is 0 Å². The minimum atomic E-state index is 0.132. The average molecular weight is 200 g/mol. The molecule has 0 saturated heterocycles. The predicted octanol–water partition coefficient (Wildman–Crippen LogP) is 2.13. The van der Waals surface area contributed by atoms with Gasteiger partial charge < -0.3 is 14.6 Å². The Morgan fingerprint density at radius 3 is 2.38 bits per heavy atom. The molecular weight excluding hydrogens is 188 g/mol. The summed E-state index contributed by atoms with van der Waals surface area (Å²) in [5.41, 5.74) is 0. The molecule has 0 radical (unpaired) electrons. The third kappa shape index (κ3) is 1.83. The molecule has 0 amide bonds. The van der Waals surface area contributed by atoms with E-state index in [0.29, 0.717) is 11.5 Å². The van der Waals surface area contributed by atoms with E-state index in [1.54, 1.807) is 19.2 Å². The van der Waals surface area contributed by atoms with Crippen LogP contribution in [0.3, 0.4) is 0 Å². The maximum Gasteiger partial charge on any atom is 0.177 e. The Balaban J connectivity index is 3.27. The van der Waals surface area contributed by atoms with E-state index in [-0.39, 0.29) is 5.75 Å². The van der Waals surface area contributed by atoms with Crippen LogP contribution in [0.15, 0.2) is 17.0 Å². The number of rotatable bonds is 3. The highest BCUT2D eigenvalue weighted by atomic mass is 32.2. The van der Waals surface area contributed by atoms with Gasteiger partial charge in [0.15, 0.2) is 11.5 Å². The van der Waals surface area contributed by atoms with Crippen molar-refractivity contribution in [3.63, 3.8) is 0 Å². The van der Waals surface area contributed by atoms with E-state index in [9.17, 15) is 5.11 Å². The lowest BCUT2D eigenvalue weighted by atomic mass is 10.3. The van der Waals surface area contributed by atoms with Gasteiger partial charge in [-0.15, -0.1) is 11.8 Å². The molecule has 0 spiro atoms. The van der Waals surface area contributed by atoms with Crippen molar-refractivity contribution in [3.8, 4) is 17.2 Å². The molecule has 72 valence electrons. The molecule has 0 fully saturated rings. The second kappa shape index (κ2) is 4.28.